The maximum Gasteiger partial charge on any atom is 0.222 e. The van der Waals surface area contributed by atoms with Crippen molar-refractivity contribution in [3.05, 3.63) is 30.5 Å². The Morgan fingerprint density at radius 3 is 2.72 bits per heavy atom. The van der Waals surface area contributed by atoms with E-state index in [0.29, 0.717) is 24.4 Å². The third-order valence-electron chi connectivity index (χ3n) is 5.68. The van der Waals surface area contributed by atoms with Gasteiger partial charge in [-0.3, -0.25) is 4.79 Å². The Morgan fingerprint density at radius 1 is 1.41 bits per heavy atom. The van der Waals surface area contributed by atoms with E-state index in [-0.39, 0.29) is 11.4 Å². The number of aromatic nitrogens is 2. The molecule has 0 radical (unpaired) electrons. The summed E-state index contributed by atoms with van der Waals surface area (Å²) in [5, 5.41) is 6.70. The fourth-order valence-corrected chi connectivity index (χ4v) is 3.85. The second-order valence-electron chi connectivity index (χ2n) is 7.97. The predicted molar refractivity (Wildman–Crippen MR) is 115 cm³/mol. The summed E-state index contributed by atoms with van der Waals surface area (Å²) in [6.45, 7) is 10.4. The fraction of sp³-hybridized carbons (Fsp3) is 0.550. The number of rotatable bonds is 7. The molecule has 0 unspecified atom stereocenters. The number of nitrogens with two attached hydrogens (primary N) is 1. The van der Waals surface area contributed by atoms with E-state index in [0.717, 1.165) is 56.2 Å². The molecule has 0 saturated carbocycles. The van der Waals surface area contributed by atoms with E-state index in [1.54, 1.807) is 0 Å². The van der Waals surface area contributed by atoms with Crippen LogP contribution in [0.5, 0.6) is 0 Å². The monoisotopic (exact) mass is 400 g/mol. The molecule has 0 atom stereocenters. The summed E-state index contributed by atoms with van der Waals surface area (Å²) >= 11 is 0. The highest BCUT2D eigenvalue weighted by Crippen LogP contribution is 2.27. The molecule has 2 aliphatic heterocycles. The third kappa shape index (κ3) is 4.72. The van der Waals surface area contributed by atoms with Crippen molar-refractivity contribution in [2.45, 2.75) is 37.6 Å². The summed E-state index contributed by atoms with van der Waals surface area (Å²) in [5.74, 6) is 2.47. The fourth-order valence-electron chi connectivity index (χ4n) is 3.85. The van der Waals surface area contributed by atoms with Gasteiger partial charge in [0, 0.05) is 46.6 Å². The molecule has 3 rings (SSSR count). The smallest absolute Gasteiger partial charge is 0.222 e. The lowest BCUT2D eigenvalue weighted by atomic mass is 9.88. The minimum Gasteiger partial charge on any atom is -0.390 e. The summed E-state index contributed by atoms with van der Waals surface area (Å²) in [6, 6.07) is 0. The first-order valence-corrected chi connectivity index (χ1v) is 10.0. The van der Waals surface area contributed by atoms with Gasteiger partial charge in [0.25, 0.3) is 0 Å². The summed E-state index contributed by atoms with van der Waals surface area (Å²) < 4.78 is 0. The Labute approximate surface area is 172 Å². The second kappa shape index (κ2) is 8.59. The number of piperidine rings is 1. The van der Waals surface area contributed by atoms with Gasteiger partial charge in [-0.05, 0) is 19.3 Å². The zero-order valence-corrected chi connectivity index (χ0v) is 17.4. The number of likely N-dealkylation sites (tertiary alicyclic amines) is 1. The lowest BCUT2D eigenvalue weighted by molar-refractivity contribution is -0.132. The summed E-state index contributed by atoms with van der Waals surface area (Å²) in [5.41, 5.74) is 6.94. The largest absolute Gasteiger partial charge is 0.390 e. The van der Waals surface area contributed by atoms with E-state index in [2.05, 4.69) is 38.8 Å². The number of H-pyrrole nitrogens is 1. The topological polar surface area (TPSA) is 115 Å². The molecule has 0 aromatic carbocycles. The summed E-state index contributed by atoms with van der Waals surface area (Å²) in [6.07, 6.45) is 5.03. The van der Waals surface area contributed by atoms with Gasteiger partial charge >= 0.3 is 0 Å². The number of amides is 1. The van der Waals surface area contributed by atoms with Crippen LogP contribution in [0.4, 0.5) is 5.82 Å². The second-order valence-corrected chi connectivity index (χ2v) is 7.97. The maximum absolute atomic E-state index is 12.6. The van der Waals surface area contributed by atoms with Gasteiger partial charge in [0.05, 0.1) is 23.4 Å². The summed E-state index contributed by atoms with van der Waals surface area (Å²) in [4.78, 5) is 28.4. The lowest BCUT2D eigenvalue weighted by Crippen LogP contribution is -2.53. The van der Waals surface area contributed by atoms with Gasteiger partial charge in [0.2, 0.25) is 5.91 Å². The number of imidazole rings is 1. The molecule has 1 aromatic rings. The number of nitrogens with zero attached hydrogens (tertiary/aromatic N) is 4. The Morgan fingerprint density at radius 2 is 2.14 bits per heavy atom. The van der Waals surface area contributed by atoms with E-state index < -0.39 is 0 Å². The van der Waals surface area contributed by atoms with Crippen LogP contribution in [0.3, 0.4) is 0 Å². The highest BCUT2D eigenvalue weighted by Gasteiger charge is 2.39. The van der Waals surface area contributed by atoms with Gasteiger partial charge < -0.3 is 31.2 Å². The van der Waals surface area contributed by atoms with Crippen LogP contribution in [0.25, 0.3) is 5.70 Å². The molecule has 0 aliphatic carbocycles. The van der Waals surface area contributed by atoms with Crippen molar-refractivity contribution in [2.24, 2.45) is 10.7 Å². The van der Waals surface area contributed by atoms with E-state index in [1.165, 1.54) is 6.34 Å². The van der Waals surface area contributed by atoms with Crippen LogP contribution in [-0.2, 0) is 11.2 Å². The normalized spacial score (nSPS) is 18.1. The molecule has 5 N–H and O–H groups in total. The SMILES string of the molecule is C=C1NCC2(CCN(C(=O)CCCc3nc(C(=C)N(C)C)c(/N=C\N)[nH]3)CC2)N1. The van der Waals surface area contributed by atoms with Crippen molar-refractivity contribution in [3.63, 3.8) is 0 Å². The zero-order chi connectivity index (χ0) is 21.0. The van der Waals surface area contributed by atoms with Gasteiger partial charge in [-0.1, -0.05) is 13.2 Å². The number of hydrogen-bond donors (Lipinski definition) is 4. The highest BCUT2D eigenvalue weighted by atomic mass is 16.2. The molecule has 1 aromatic heterocycles. The van der Waals surface area contributed by atoms with Crippen molar-refractivity contribution in [1.29, 1.82) is 0 Å². The molecule has 2 fully saturated rings. The first kappa shape index (κ1) is 20.8. The molecule has 2 aliphatic rings. The van der Waals surface area contributed by atoms with Crippen molar-refractivity contribution >= 4 is 23.8 Å². The van der Waals surface area contributed by atoms with Crippen LogP contribution in [0.15, 0.2) is 24.0 Å². The van der Waals surface area contributed by atoms with Crippen molar-refractivity contribution in [1.82, 2.24) is 30.4 Å². The van der Waals surface area contributed by atoms with Crippen LogP contribution in [0, 0.1) is 0 Å². The van der Waals surface area contributed by atoms with E-state index in [1.807, 2.05) is 23.9 Å². The van der Waals surface area contributed by atoms with Gasteiger partial charge in [0.1, 0.15) is 11.5 Å². The van der Waals surface area contributed by atoms with Gasteiger partial charge in [-0.25, -0.2) is 9.98 Å². The van der Waals surface area contributed by atoms with Crippen molar-refractivity contribution in [3.8, 4) is 0 Å². The van der Waals surface area contributed by atoms with E-state index >= 15 is 0 Å². The number of aliphatic imine (C=N–C) groups is 1. The molecule has 158 valence electrons. The predicted octanol–water partition coefficient (Wildman–Crippen LogP) is 0.908. The molecule has 29 heavy (non-hydrogen) atoms. The molecular formula is C20H32N8O. The molecule has 9 nitrogen and oxygen atoms in total. The van der Waals surface area contributed by atoms with Crippen LogP contribution >= 0.6 is 0 Å². The molecule has 9 heteroatoms. The standard InChI is InChI=1S/C20H32N8O/c1-14(27(3)4)18-19(23-13-21)25-16(24-18)6-5-7-17(29)28-10-8-20(9-11-28)12-22-15(2)26-20/h13,22,26H,1-2,5-12H2,3-4H3,(H2,21,23)(H,24,25). The quantitative estimate of drug-likeness (QED) is 0.400. The number of hydrogen-bond acceptors (Lipinski definition) is 6. The van der Waals surface area contributed by atoms with Crippen LogP contribution in [-0.4, -0.2) is 71.3 Å². The van der Waals surface area contributed by atoms with E-state index in [4.69, 9.17) is 5.73 Å². The molecule has 1 spiro atoms. The van der Waals surface area contributed by atoms with Gasteiger partial charge in [-0.2, -0.15) is 0 Å². The van der Waals surface area contributed by atoms with Crippen LogP contribution < -0.4 is 16.4 Å². The number of aromatic amines is 1. The van der Waals surface area contributed by atoms with Gasteiger partial charge in [0.15, 0.2) is 5.82 Å². The Kier molecular flexibility index (Phi) is 6.14. The first-order chi connectivity index (χ1) is 13.8. The van der Waals surface area contributed by atoms with E-state index in [9.17, 15) is 4.79 Å². The number of carbonyl (C=O) groups excluding carboxylic acids is 1. The third-order valence-corrected chi connectivity index (χ3v) is 5.68. The van der Waals surface area contributed by atoms with Crippen molar-refractivity contribution in [2.75, 3.05) is 33.7 Å². The number of aryl methyl sites for hydroxylation is 1. The van der Waals surface area contributed by atoms with Crippen molar-refractivity contribution < 1.29 is 4.79 Å². The molecule has 0 bridgehead atoms. The lowest BCUT2D eigenvalue weighted by Gasteiger charge is -2.39. The number of carbonyl (C=O) groups is 1. The molecule has 1 amide bonds. The zero-order valence-electron chi connectivity index (χ0n) is 17.4. The van der Waals surface area contributed by atoms with Crippen LogP contribution in [0.1, 0.15) is 37.2 Å². The average molecular weight is 401 g/mol. The molecular weight excluding hydrogens is 368 g/mol. The Hall–Kier alpha value is -2.97. The number of nitrogens with one attached hydrogen (secondary N) is 3. The average Bonchev–Trinajstić information content (AvgIpc) is 3.25. The Bertz CT molecular complexity index is 801. The minimum atomic E-state index is 0.0627. The highest BCUT2D eigenvalue weighted by molar-refractivity contribution is 5.76. The summed E-state index contributed by atoms with van der Waals surface area (Å²) in [7, 11) is 3.81. The van der Waals surface area contributed by atoms with Gasteiger partial charge in [-0.15, -0.1) is 0 Å². The maximum atomic E-state index is 12.6. The Balaban J connectivity index is 1.50. The van der Waals surface area contributed by atoms with Crippen LogP contribution in [0.2, 0.25) is 0 Å². The first-order valence-electron chi connectivity index (χ1n) is 10.0. The molecule has 3 heterocycles. The molecule has 2 saturated heterocycles. The minimum absolute atomic E-state index is 0.0627.